The van der Waals surface area contributed by atoms with Crippen LogP contribution >= 0.6 is 0 Å². The Morgan fingerprint density at radius 1 is 1.03 bits per heavy atom. The molecule has 4 aromatic rings. The van der Waals surface area contributed by atoms with Crippen LogP contribution in [0.3, 0.4) is 0 Å². The topological polar surface area (TPSA) is 86.7 Å². The Labute approximate surface area is 167 Å². The van der Waals surface area contributed by atoms with Gasteiger partial charge in [0.05, 0.1) is 26.2 Å². The van der Waals surface area contributed by atoms with E-state index in [2.05, 4.69) is 15.4 Å². The fraction of sp³-hybridized carbons (Fsp3) is 0.286. The average Bonchev–Trinajstić information content (AvgIpc) is 3.43. The van der Waals surface area contributed by atoms with Crippen LogP contribution in [0, 0.1) is 0 Å². The molecule has 148 valence electrons. The van der Waals surface area contributed by atoms with Crippen LogP contribution in [-0.2, 0) is 12.8 Å². The van der Waals surface area contributed by atoms with Crippen molar-refractivity contribution < 1.29 is 13.9 Å². The second-order valence-corrected chi connectivity index (χ2v) is 6.94. The molecule has 0 spiro atoms. The number of aryl methyl sites for hydroxylation is 1. The van der Waals surface area contributed by atoms with Crippen LogP contribution < -0.4 is 14.8 Å². The van der Waals surface area contributed by atoms with Gasteiger partial charge in [0.2, 0.25) is 5.82 Å². The quantitative estimate of drug-likeness (QED) is 0.550. The van der Waals surface area contributed by atoms with Crippen molar-refractivity contribution in [2.75, 3.05) is 19.5 Å². The molecule has 8 nitrogen and oxygen atoms in total. The Balaban J connectivity index is 1.67. The first-order valence-corrected chi connectivity index (χ1v) is 9.57. The third-order valence-electron chi connectivity index (χ3n) is 5.12. The lowest BCUT2D eigenvalue weighted by Gasteiger charge is -2.20. The number of anilines is 2. The molecule has 0 aliphatic heterocycles. The highest BCUT2D eigenvalue weighted by Gasteiger charge is 2.22. The van der Waals surface area contributed by atoms with E-state index in [4.69, 9.17) is 18.9 Å². The van der Waals surface area contributed by atoms with Crippen molar-refractivity contribution in [1.82, 2.24) is 19.6 Å². The van der Waals surface area contributed by atoms with Crippen LogP contribution in [-0.4, -0.2) is 33.8 Å². The number of nitrogens with zero attached hydrogens (tertiary/aromatic N) is 4. The van der Waals surface area contributed by atoms with E-state index < -0.39 is 0 Å². The predicted molar refractivity (Wildman–Crippen MR) is 108 cm³/mol. The largest absolute Gasteiger partial charge is 0.497 e. The van der Waals surface area contributed by atoms with Gasteiger partial charge in [-0.2, -0.15) is 9.50 Å². The molecule has 0 saturated carbocycles. The van der Waals surface area contributed by atoms with Crippen LogP contribution in [0.4, 0.5) is 11.5 Å². The molecule has 0 amide bonds. The van der Waals surface area contributed by atoms with Crippen molar-refractivity contribution in [3.05, 3.63) is 47.9 Å². The Morgan fingerprint density at radius 3 is 2.55 bits per heavy atom. The maximum atomic E-state index is 5.47. The maximum absolute atomic E-state index is 5.47. The van der Waals surface area contributed by atoms with Crippen molar-refractivity contribution in [3.63, 3.8) is 0 Å². The lowest BCUT2D eigenvalue weighted by Crippen LogP contribution is -2.13. The van der Waals surface area contributed by atoms with Gasteiger partial charge in [-0.05, 0) is 37.8 Å². The van der Waals surface area contributed by atoms with Crippen molar-refractivity contribution in [1.29, 1.82) is 0 Å². The molecule has 0 unspecified atom stereocenters. The normalized spacial score (nSPS) is 13.3. The molecule has 0 radical (unpaired) electrons. The molecule has 8 heteroatoms. The van der Waals surface area contributed by atoms with E-state index in [0.717, 1.165) is 42.9 Å². The van der Waals surface area contributed by atoms with Crippen LogP contribution in [0.5, 0.6) is 11.5 Å². The van der Waals surface area contributed by atoms with E-state index in [1.807, 2.05) is 30.3 Å². The van der Waals surface area contributed by atoms with E-state index in [9.17, 15) is 0 Å². The Morgan fingerprint density at radius 2 is 1.83 bits per heavy atom. The van der Waals surface area contributed by atoms with E-state index in [-0.39, 0.29) is 0 Å². The minimum Gasteiger partial charge on any atom is -0.497 e. The summed E-state index contributed by atoms with van der Waals surface area (Å²) in [5.41, 5.74) is 3.08. The minimum atomic E-state index is 0.510. The molecule has 0 bridgehead atoms. The fourth-order valence-electron chi connectivity index (χ4n) is 3.70. The van der Waals surface area contributed by atoms with E-state index in [1.165, 1.54) is 5.56 Å². The predicted octanol–water partition coefficient (Wildman–Crippen LogP) is 4.02. The Hall–Kier alpha value is -3.55. The van der Waals surface area contributed by atoms with Gasteiger partial charge in [0.1, 0.15) is 17.3 Å². The molecular weight excluding hydrogens is 370 g/mol. The molecule has 29 heavy (non-hydrogen) atoms. The van der Waals surface area contributed by atoms with Gasteiger partial charge in [-0.1, -0.05) is 0 Å². The van der Waals surface area contributed by atoms with Gasteiger partial charge in [-0.25, -0.2) is 4.98 Å². The number of hydrogen-bond donors (Lipinski definition) is 1. The lowest BCUT2D eigenvalue weighted by atomic mass is 9.96. The number of fused-ring (bicyclic) bond motifs is 2. The first-order valence-electron chi connectivity index (χ1n) is 9.57. The summed E-state index contributed by atoms with van der Waals surface area (Å²) in [5.74, 6) is 3.96. The second kappa shape index (κ2) is 7.12. The maximum Gasteiger partial charge on any atom is 0.255 e. The SMILES string of the molecule is COc1cc(Nc2c3c(nc4nc(-c5ccco5)nn24)CCCC3)cc(OC)c1. The number of nitrogens with one attached hydrogen (secondary N) is 1. The van der Waals surface area contributed by atoms with Crippen LogP contribution in [0.2, 0.25) is 0 Å². The lowest BCUT2D eigenvalue weighted by molar-refractivity contribution is 0.395. The summed E-state index contributed by atoms with van der Waals surface area (Å²) in [6.07, 6.45) is 5.74. The third-order valence-corrected chi connectivity index (χ3v) is 5.12. The summed E-state index contributed by atoms with van der Waals surface area (Å²) < 4.78 is 18.0. The van der Waals surface area contributed by atoms with Crippen molar-refractivity contribution in [2.45, 2.75) is 25.7 Å². The van der Waals surface area contributed by atoms with Gasteiger partial charge in [-0.15, -0.1) is 5.10 Å². The molecule has 0 atom stereocenters. The molecule has 5 rings (SSSR count). The molecule has 1 aliphatic carbocycles. The molecule has 3 heterocycles. The smallest absolute Gasteiger partial charge is 0.255 e. The van der Waals surface area contributed by atoms with Gasteiger partial charge >= 0.3 is 0 Å². The summed E-state index contributed by atoms with van der Waals surface area (Å²) in [7, 11) is 3.27. The molecular formula is C21H21N5O3. The highest BCUT2D eigenvalue weighted by atomic mass is 16.5. The van der Waals surface area contributed by atoms with Gasteiger partial charge in [0.15, 0.2) is 5.76 Å². The van der Waals surface area contributed by atoms with Crippen LogP contribution in [0.1, 0.15) is 24.1 Å². The number of ether oxygens (including phenoxy) is 2. The molecule has 1 N–H and O–H groups in total. The Kier molecular flexibility index (Phi) is 4.31. The molecule has 1 aliphatic rings. The number of hydrogen-bond acceptors (Lipinski definition) is 7. The zero-order valence-corrected chi connectivity index (χ0v) is 16.3. The van der Waals surface area contributed by atoms with Crippen molar-refractivity contribution in [3.8, 4) is 23.1 Å². The zero-order valence-electron chi connectivity index (χ0n) is 16.3. The zero-order chi connectivity index (χ0) is 19.8. The highest BCUT2D eigenvalue weighted by Crippen LogP contribution is 2.33. The van der Waals surface area contributed by atoms with Crippen LogP contribution in [0.15, 0.2) is 41.0 Å². The number of methoxy groups -OCH3 is 2. The standard InChI is InChI=1S/C21H21N5O3/c1-27-14-10-13(11-15(12-14)28-2)22-20-16-6-3-4-7-17(16)23-21-24-19(25-26(20)21)18-8-5-9-29-18/h5,8-12,22H,3-4,6-7H2,1-2H3. The first kappa shape index (κ1) is 17.5. The summed E-state index contributed by atoms with van der Waals surface area (Å²) in [6, 6.07) is 9.35. The highest BCUT2D eigenvalue weighted by molar-refractivity contribution is 5.67. The molecule has 0 fully saturated rings. The van der Waals surface area contributed by atoms with Gasteiger partial charge in [0, 0.05) is 29.4 Å². The van der Waals surface area contributed by atoms with Gasteiger partial charge < -0.3 is 19.2 Å². The van der Waals surface area contributed by atoms with Crippen molar-refractivity contribution >= 4 is 17.3 Å². The Bertz CT molecular complexity index is 1140. The minimum absolute atomic E-state index is 0.510. The molecule has 3 aromatic heterocycles. The summed E-state index contributed by atoms with van der Waals surface area (Å²) in [6.45, 7) is 0. The van der Waals surface area contributed by atoms with E-state index in [1.54, 1.807) is 25.0 Å². The number of benzene rings is 1. The summed E-state index contributed by atoms with van der Waals surface area (Å²) >= 11 is 0. The summed E-state index contributed by atoms with van der Waals surface area (Å²) in [5, 5.41) is 8.18. The van der Waals surface area contributed by atoms with E-state index in [0.29, 0.717) is 28.9 Å². The molecule has 0 saturated heterocycles. The monoisotopic (exact) mass is 391 g/mol. The fourth-order valence-corrected chi connectivity index (χ4v) is 3.70. The van der Waals surface area contributed by atoms with Crippen molar-refractivity contribution in [2.24, 2.45) is 0 Å². The van der Waals surface area contributed by atoms with Gasteiger partial charge in [-0.3, -0.25) is 0 Å². The number of rotatable bonds is 5. The molecule has 1 aromatic carbocycles. The number of aromatic nitrogens is 4. The van der Waals surface area contributed by atoms with Gasteiger partial charge in [0.25, 0.3) is 5.78 Å². The van der Waals surface area contributed by atoms with Crippen LogP contribution in [0.25, 0.3) is 17.4 Å². The van der Waals surface area contributed by atoms with E-state index >= 15 is 0 Å². The number of furan rings is 1. The average molecular weight is 391 g/mol. The first-order chi connectivity index (χ1) is 14.2. The second-order valence-electron chi connectivity index (χ2n) is 6.94. The third kappa shape index (κ3) is 3.16. The summed E-state index contributed by atoms with van der Waals surface area (Å²) in [4.78, 5) is 9.36.